The Labute approximate surface area is 192 Å². The van der Waals surface area contributed by atoms with Crippen LogP contribution in [0.4, 0.5) is 14.5 Å². The molecule has 174 valence electrons. The molecule has 1 aliphatic carbocycles. The first kappa shape index (κ1) is 22.8. The largest absolute Gasteiger partial charge is 0.403 e. The molecule has 0 spiro atoms. The van der Waals surface area contributed by atoms with Crippen molar-refractivity contribution >= 4 is 34.9 Å². The van der Waals surface area contributed by atoms with E-state index in [0.29, 0.717) is 49.6 Å². The van der Waals surface area contributed by atoms with Crippen LogP contribution in [0.1, 0.15) is 51.4 Å². The summed E-state index contributed by atoms with van der Waals surface area (Å²) in [5.74, 6) is -4.28. The second kappa shape index (κ2) is 8.18. The number of aromatic nitrogens is 1. The predicted octanol–water partition coefficient (Wildman–Crippen LogP) is 2.52. The molecule has 2 aromatic rings. The molecule has 1 saturated carbocycles. The van der Waals surface area contributed by atoms with E-state index < -0.39 is 34.8 Å². The molecule has 2 heterocycles. The van der Waals surface area contributed by atoms with Gasteiger partial charge in [0.15, 0.2) is 0 Å². The molecule has 0 bridgehead atoms. The van der Waals surface area contributed by atoms with Crippen molar-refractivity contribution in [1.29, 1.82) is 0 Å². The predicted molar refractivity (Wildman–Crippen MR) is 118 cm³/mol. The van der Waals surface area contributed by atoms with Crippen LogP contribution in [-0.2, 0) is 17.8 Å². The van der Waals surface area contributed by atoms with Gasteiger partial charge in [-0.1, -0.05) is 11.6 Å². The number of Topliss-reactive ketones (excluding diaryl/α,β-unsaturated/α-hetero) is 1. The van der Waals surface area contributed by atoms with Crippen molar-refractivity contribution < 1.29 is 23.2 Å². The lowest BCUT2D eigenvalue weighted by Gasteiger charge is -2.17. The molecule has 11 heteroatoms. The Morgan fingerprint density at radius 1 is 1.21 bits per heavy atom. The summed E-state index contributed by atoms with van der Waals surface area (Å²) in [4.78, 5) is 38.9. The number of hydrogen-bond acceptors (Lipinski definition) is 5. The van der Waals surface area contributed by atoms with Crippen LogP contribution in [0.2, 0.25) is 5.02 Å². The number of halogens is 3. The molecule has 1 aliphatic heterocycles. The average molecular weight is 478 g/mol. The topological polar surface area (TPSA) is 132 Å². The number of carbonyl (C=O) groups is 3. The molecule has 8 nitrogen and oxygen atoms in total. The van der Waals surface area contributed by atoms with Gasteiger partial charge in [-0.15, -0.1) is 0 Å². The third kappa shape index (κ3) is 3.84. The Morgan fingerprint density at radius 2 is 1.91 bits per heavy atom. The van der Waals surface area contributed by atoms with Gasteiger partial charge in [-0.05, 0) is 44.2 Å². The number of rotatable bonds is 6. The van der Waals surface area contributed by atoms with E-state index in [2.05, 4.69) is 10.6 Å². The molecule has 0 atom stereocenters. The van der Waals surface area contributed by atoms with Crippen molar-refractivity contribution in [3.05, 3.63) is 63.2 Å². The number of nitrogens with zero attached hydrogens (tertiary/aromatic N) is 1. The van der Waals surface area contributed by atoms with Gasteiger partial charge < -0.3 is 26.7 Å². The standard InChI is InChI=1S/C22H22ClF2N5O3/c1-10-17(19(31)21(33)29-22(4-5-22)16(27)9-26)15-3-2-6-30(15)18(10)20(32)28-14-7-11(23)12(24)8-13(14)25/h7-9H,2-6,26-27H2,1H3,(H,28,32)(H,29,33)/b16-9-. The summed E-state index contributed by atoms with van der Waals surface area (Å²) in [6, 6.07) is 1.54. The second-order valence-corrected chi connectivity index (χ2v) is 8.65. The number of nitrogens with one attached hydrogen (secondary N) is 2. The van der Waals surface area contributed by atoms with Crippen LogP contribution in [0.15, 0.2) is 24.0 Å². The Kier molecular flexibility index (Phi) is 5.65. The SMILES string of the molecule is Cc1c(C(=O)C(=O)NC2(/C(N)=C/N)CC2)c2n(c1C(=O)Nc1cc(Cl)c(F)cc1F)CCC2. The molecule has 4 rings (SSSR count). The number of amides is 2. The first-order valence-corrected chi connectivity index (χ1v) is 10.7. The summed E-state index contributed by atoms with van der Waals surface area (Å²) < 4.78 is 29.2. The minimum atomic E-state index is -0.993. The number of ketones is 1. The van der Waals surface area contributed by atoms with Crippen molar-refractivity contribution in [2.75, 3.05) is 5.32 Å². The van der Waals surface area contributed by atoms with Crippen LogP contribution >= 0.6 is 11.6 Å². The van der Waals surface area contributed by atoms with Crippen LogP contribution in [0.25, 0.3) is 0 Å². The van der Waals surface area contributed by atoms with Crippen molar-refractivity contribution in [3.63, 3.8) is 0 Å². The van der Waals surface area contributed by atoms with Crippen molar-refractivity contribution in [2.24, 2.45) is 11.5 Å². The number of carbonyl (C=O) groups excluding carboxylic acids is 3. The summed E-state index contributed by atoms with van der Waals surface area (Å²) in [5.41, 5.74) is 11.6. The van der Waals surface area contributed by atoms with E-state index in [0.717, 1.165) is 6.07 Å². The Bertz CT molecular complexity index is 1230. The summed E-state index contributed by atoms with van der Waals surface area (Å²) in [7, 11) is 0. The van der Waals surface area contributed by atoms with Gasteiger partial charge in [0.25, 0.3) is 17.6 Å². The monoisotopic (exact) mass is 477 g/mol. The van der Waals surface area contributed by atoms with E-state index in [1.807, 2.05) is 0 Å². The molecular formula is C22H22ClF2N5O3. The minimum Gasteiger partial charge on any atom is -0.403 e. The molecule has 0 saturated heterocycles. The van der Waals surface area contributed by atoms with E-state index in [-0.39, 0.29) is 27.7 Å². The van der Waals surface area contributed by atoms with Gasteiger partial charge in [0.05, 0.1) is 21.8 Å². The highest BCUT2D eigenvalue weighted by molar-refractivity contribution is 6.44. The van der Waals surface area contributed by atoms with E-state index in [4.69, 9.17) is 23.1 Å². The molecule has 1 fully saturated rings. The number of anilines is 1. The fraction of sp³-hybridized carbons (Fsp3) is 0.318. The first-order chi connectivity index (χ1) is 15.6. The van der Waals surface area contributed by atoms with Gasteiger partial charge in [0.1, 0.15) is 17.3 Å². The van der Waals surface area contributed by atoms with Gasteiger partial charge in [-0.25, -0.2) is 8.78 Å². The fourth-order valence-electron chi connectivity index (χ4n) is 4.27. The van der Waals surface area contributed by atoms with Gasteiger partial charge in [-0.2, -0.15) is 0 Å². The van der Waals surface area contributed by atoms with Crippen LogP contribution in [0.5, 0.6) is 0 Å². The van der Waals surface area contributed by atoms with Gasteiger partial charge in [-0.3, -0.25) is 14.4 Å². The number of nitrogens with two attached hydrogens (primary N) is 2. The number of hydrogen-bond donors (Lipinski definition) is 4. The van der Waals surface area contributed by atoms with Gasteiger partial charge in [0, 0.05) is 30.2 Å². The summed E-state index contributed by atoms with van der Waals surface area (Å²) in [5, 5.41) is 4.69. The molecule has 2 amide bonds. The fourth-order valence-corrected chi connectivity index (χ4v) is 4.43. The number of benzene rings is 1. The zero-order valence-corrected chi connectivity index (χ0v) is 18.5. The maximum Gasteiger partial charge on any atom is 0.293 e. The lowest BCUT2D eigenvalue weighted by atomic mass is 10.0. The van der Waals surface area contributed by atoms with E-state index >= 15 is 0 Å². The maximum absolute atomic E-state index is 14.1. The van der Waals surface area contributed by atoms with Crippen LogP contribution in [0, 0.1) is 18.6 Å². The highest BCUT2D eigenvalue weighted by atomic mass is 35.5. The lowest BCUT2D eigenvalue weighted by molar-refractivity contribution is -0.117. The molecule has 0 radical (unpaired) electrons. The second-order valence-electron chi connectivity index (χ2n) is 8.24. The molecule has 1 aromatic heterocycles. The normalized spacial score (nSPS) is 16.3. The first-order valence-electron chi connectivity index (χ1n) is 10.3. The van der Waals surface area contributed by atoms with E-state index in [9.17, 15) is 23.2 Å². The van der Waals surface area contributed by atoms with Crippen molar-refractivity contribution in [2.45, 2.75) is 44.7 Å². The minimum absolute atomic E-state index is 0.126. The van der Waals surface area contributed by atoms with Crippen molar-refractivity contribution in [1.82, 2.24) is 9.88 Å². The smallest absolute Gasteiger partial charge is 0.293 e. The number of fused-ring (bicyclic) bond motifs is 1. The summed E-state index contributed by atoms with van der Waals surface area (Å²) in [6.45, 7) is 2.00. The highest BCUT2D eigenvalue weighted by Crippen LogP contribution is 2.40. The highest BCUT2D eigenvalue weighted by Gasteiger charge is 2.48. The van der Waals surface area contributed by atoms with E-state index in [1.165, 1.54) is 6.20 Å². The Hall–Kier alpha value is -3.40. The zero-order valence-electron chi connectivity index (χ0n) is 17.7. The van der Waals surface area contributed by atoms with Crippen LogP contribution < -0.4 is 22.1 Å². The molecule has 6 N–H and O–H groups in total. The summed E-state index contributed by atoms with van der Waals surface area (Å²) in [6.07, 6.45) is 3.49. The Morgan fingerprint density at radius 3 is 2.55 bits per heavy atom. The Balaban J connectivity index is 1.65. The molecule has 2 aliphatic rings. The lowest BCUT2D eigenvalue weighted by Crippen LogP contribution is -2.44. The summed E-state index contributed by atoms with van der Waals surface area (Å²) >= 11 is 5.70. The maximum atomic E-state index is 14.1. The molecular weight excluding hydrogens is 456 g/mol. The average Bonchev–Trinajstić information content (AvgIpc) is 3.30. The van der Waals surface area contributed by atoms with E-state index in [1.54, 1.807) is 11.5 Å². The van der Waals surface area contributed by atoms with Crippen LogP contribution in [0.3, 0.4) is 0 Å². The molecule has 1 aromatic carbocycles. The third-order valence-corrected chi connectivity index (χ3v) is 6.44. The van der Waals surface area contributed by atoms with Crippen LogP contribution in [-0.4, -0.2) is 27.7 Å². The van der Waals surface area contributed by atoms with Gasteiger partial charge in [0.2, 0.25) is 0 Å². The van der Waals surface area contributed by atoms with Crippen molar-refractivity contribution in [3.8, 4) is 0 Å². The zero-order chi connectivity index (χ0) is 24.1. The molecule has 0 unspecified atom stereocenters. The van der Waals surface area contributed by atoms with Gasteiger partial charge >= 0.3 is 0 Å². The third-order valence-electron chi connectivity index (χ3n) is 6.15. The molecule has 33 heavy (non-hydrogen) atoms. The quantitative estimate of drug-likeness (QED) is 0.288.